The van der Waals surface area contributed by atoms with E-state index in [0.29, 0.717) is 4.88 Å². The van der Waals surface area contributed by atoms with Crippen molar-refractivity contribution in [3.8, 4) is 0 Å². The summed E-state index contributed by atoms with van der Waals surface area (Å²) in [5.41, 5.74) is 0. The Morgan fingerprint density at radius 2 is 1.44 bits per heavy atom. The van der Waals surface area contributed by atoms with Crippen molar-refractivity contribution >= 4 is 58.7 Å². The second kappa shape index (κ2) is 12.3. The maximum absolute atomic E-state index is 12.8. The first-order valence-electron chi connectivity index (χ1n) is 11.9. The van der Waals surface area contributed by atoms with Crippen molar-refractivity contribution in [2.75, 3.05) is 24.6 Å². The summed E-state index contributed by atoms with van der Waals surface area (Å²) in [6, 6.07) is 2.59. The second-order valence-corrected chi connectivity index (χ2v) is 11.0. The highest BCUT2D eigenvalue weighted by molar-refractivity contribution is 8.00. The van der Waals surface area contributed by atoms with E-state index < -0.39 is 53.8 Å². The predicted molar refractivity (Wildman–Crippen MR) is 133 cm³/mol. The zero-order valence-electron chi connectivity index (χ0n) is 20.4. The number of furan rings is 1. The summed E-state index contributed by atoms with van der Waals surface area (Å²) in [6.45, 7) is -0.0953. The minimum absolute atomic E-state index is 0.0129. The van der Waals surface area contributed by atoms with E-state index >= 15 is 0 Å². The molecule has 4 heterocycles. The van der Waals surface area contributed by atoms with E-state index in [-0.39, 0.29) is 49.1 Å². The smallest absolute Gasteiger partial charge is 0.287 e. The SMILES string of the molecule is O=C(N[C@H]1C[C@@H](C(=O)[O-])N(C(=O)CSCC(=O)N2C[C@@H](NC(=O)c3cccs3)C[C@H]2C(=O)[O-])C1)c1ccco1. The van der Waals surface area contributed by atoms with Gasteiger partial charge >= 0.3 is 0 Å². The number of nitrogens with one attached hydrogen (secondary N) is 2. The molecule has 0 aromatic carbocycles. The molecule has 0 saturated carbocycles. The highest BCUT2D eigenvalue weighted by Crippen LogP contribution is 2.22. The van der Waals surface area contributed by atoms with Crippen LogP contribution >= 0.6 is 23.1 Å². The Bertz CT molecular complexity index is 1140. The molecule has 2 fully saturated rings. The van der Waals surface area contributed by atoms with Gasteiger partial charge in [0, 0.05) is 25.2 Å². The van der Waals surface area contributed by atoms with Gasteiger partial charge in [-0.3, -0.25) is 19.2 Å². The van der Waals surface area contributed by atoms with Crippen LogP contribution in [0.1, 0.15) is 33.1 Å². The van der Waals surface area contributed by atoms with E-state index in [1.165, 1.54) is 29.7 Å². The molecule has 4 atom stereocenters. The van der Waals surface area contributed by atoms with Crippen LogP contribution in [0.4, 0.5) is 0 Å². The van der Waals surface area contributed by atoms with Crippen LogP contribution < -0.4 is 20.8 Å². The van der Waals surface area contributed by atoms with E-state index in [1.807, 2.05) is 0 Å². The summed E-state index contributed by atoms with van der Waals surface area (Å²) >= 11 is 2.13. The van der Waals surface area contributed by atoms with Gasteiger partial charge in [0.1, 0.15) is 0 Å². The maximum atomic E-state index is 12.8. The monoisotopic (exact) mass is 576 g/mol. The highest BCUT2D eigenvalue weighted by atomic mass is 32.2. The Morgan fingerprint density at radius 1 is 0.872 bits per heavy atom. The van der Waals surface area contributed by atoms with Gasteiger partial charge in [0.05, 0.1) is 46.7 Å². The lowest BCUT2D eigenvalue weighted by atomic mass is 10.1. The van der Waals surface area contributed by atoms with Gasteiger partial charge in [-0.2, -0.15) is 0 Å². The molecule has 2 aromatic rings. The number of aliphatic carboxylic acids is 2. The number of thioether (sulfide) groups is 1. The van der Waals surface area contributed by atoms with E-state index in [0.717, 1.165) is 21.6 Å². The number of thiophene rings is 1. The summed E-state index contributed by atoms with van der Waals surface area (Å²) < 4.78 is 5.02. The van der Waals surface area contributed by atoms with Crippen LogP contribution in [0, 0.1) is 0 Å². The van der Waals surface area contributed by atoms with E-state index in [4.69, 9.17) is 4.42 Å². The van der Waals surface area contributed by atoms with Crippen molar-refractivity contribution in [3.05, 3.63) is 46.5 Å². The van der Waals surface area contributed by atoms with Gasteiger partial charge in [0.2, 0.25) is 11.8 Å². The molecule has 39 heavy (non-hydrogen) atoms. The lowest BCUT2D eigenvalue weighted by molar-refractivity contribution is -0.311. The summed E-state index contributed by atoms with van der Waals surface area (Å²) in [6.07, 6.45) is 1.26. The number of carbonyl (C=O) groups is 6. The predicted octanol–water partition coefficient (Wildman–Crippen LogP) is -2.33. The van der Waals surface area contributed by atoms with Crippen LogP contribution in [0.3, 0.4) is 0 Å². The molecular formula is C24H24N4O9S2-2. The zero-order valence-corrected chi connectivity index (χ0v) is 22.0. The standard InChI is InChI=1S/C24H26N4O9S2/c29-19(27-9-13(7-15(27)23(33)34)25-21(31)17-3-1-5-37-17)11-38-12-20(30)28-10-14(8-16(28)24(35)36)26-22(32)18-4-2-6-39-18/h1-6,13-16H,7-12H2,(H,25,31)(H,26,32)(H,33,34)(H,35,36)/p-2/t13-,14-,15-,16-/m0/s1. The van der Waals surface area contributed by atoms with Crippen LogP contribution in [0.2, 0.25) is 0 Å². The van der Waals surface area contributed by atoms with Gasteiger partial charge in [0.15, 0.2) is 5.76 Å². The van der Waals surface area contributed by atoms with E-state index in [1.54, 1.807) is 17.5 Å². The molecule has 2 saturated heterocycles. The number of rotatable bonds is 10. The molecule has 0 radical (unpaired) electrons. The molecule has 2 aliphatic rings. The lowest BCUT2D eigenvalue weighted by Crippen LogP contribution is -2.48. The Morgan fingerprint density at radius 3 is 1.90 bits per heavy atom. The summed E-state index contributed by atoms with van der Waals surface area (Å²) in [5.74, 6) is -5.42. The third-order valence-electron chi connectivity index (χ3n) is 6.40. The van der Waals surface area contributed by atoms with Gasteiger partial charge in [0.25, 0.3) is 11.8 Å². The Hall–Kier alpha value is -3.85. The fraction of sp³-hybridized carbons (Fsp3) is 0.417. The third-order valence-corrected chi connectivity index (χ3v) is 8.17. The minimum Gasteiger partial charge on any atom is -0.548 e. The molecule has 13 nitrogen and oxygen atoms in total. The number of amides is 4. The first-order chi connectivity index (χ1) is 18.6. The van der Waals surface area contributed by atoms with Crippen LogP contribution in [-0.4, -0.2) is 94.1 Å². The van der Waals surface area contributed by atoms with Crippen LogP contribution in [0.25, 0.3) is 0 Å². The van der Waals surface area contributed by atoms with E-state index in [9.17, 15) is 39.0 Å². The summed E-state index contributed by atoms with van der Waals surface area (Å²) in [5, 5.41) is 30.3. The van der Waals surface area contributed by atoms with Crippen molar-refractivity contribution in [3.63, 3.8) is 0 Å². The summed E-state index contributed by atoms with van der Waals surface area (Å²) in [7, 11) is 0. The van der Waals surface area contributed by atoms with Gasteiger partial charge in [-0.25, -0.2) is 0 Å². The molecular weight excluding hydrogens is 552 g/mol. The maximum Gasteiger partial charge on any atom is 0.287 e. The number of carbonyl (C=O) groups excluding carboxylic acids is 6. The Labute approximate surface area is 230 Å². The average molecular weight is 577 g/mol. The molecule has 2 aliphatic heterocycles. The number of carboxylic acids is 2. The second-order valence-electron chi connectivity index (χ2n) is 9.02. The van der Waals surface area contributed by atoms with Crippen LogP contribution in [0.15, 0.2) is 40.3 Å². The zero-order chi connectivity index (χ0) is 28.1. The van der Waals surface area contributed by atoms with Crippen molar-refractivity contribution in [1.29, 1.82) is 0 Å². The number of hydrogen-bond donors (Lipinski definition) is 2. The number of hydrogen-bond acceptors (Lipinski definition) is 11. The average Bonchev–Trinajstić information content (AvgIpc) is 3.69. The molecule has 2 N–H and O–H groups in total. The highest BCUT2D eigenvalue weighted by Gasteiger charge is 2.38. The van der Waals surface area contributed by atoms with Gasteiger partial charge in [-0.1, -0.05) is 6.07 Å². The number of carboxylic acid groups (broad SMARTS) is 2. The molecule has 4 rings (SSSR count). The quantitative estimate of drug-likeness (QED) is 0.310. The fourth-order valence-corrected chi connectivity index (χ4v) is 6.01. The molecule has 2 aromatic heterocycles. The molecule has 15 heteroatoms. The first-order valence-corrected chi connectivity index (χ1v) is 13.9. The normalized spacial score (nSPS) is 22.5. The van der Waals surface area contributed by atoms with Crippen molar-refractivity contribution in [1.82, 2.24) is 20.4 Å². The molecule has 4 amide bonds. The Balaban J connectivity index is 1.28. The van der Waals surface area contributed by atoms with Crippen molar-refractivity contribution in [2.24, 2.45) is 0 Å². The topological polar surface area (TPSA) is 192 Å². The van der Waals surface area contributed by atoms with Gasteiger partial charge < -0.3 is 44.7 Å². The third kappa shape index (κ3) is 6.78. The first kappa shape index (κ1) is 28.2. The van der Waals surface area contributed by atoms with Crippen LogP contribution in [-0.2, 0) is 19.2 Å². The molecule has 0 bridgehead atoms. The van der Waals surface area contributed by atoms with Crippen molar-refractivity contribution in [2.45, 2.75) is 37.0 Å². The van der Waals surface area contributed by atoms with Crippen molar-refractivity contribution < 1.29 is 43.4 Å². The van der Waals surface area contributed by atoms with Crippen LogP contribution in [0.5, 0.6) is 0 Å². The van der Waals surface area contributed by atoms with Gasteiger partial charge in [-0.05, 0) is 36.4 Å². The number of nitrogens with zero attached hydrogens (tertiary/aromatic N) is 2. The largest absolute Gasteiger partial charge is 0.548 e. The fourth-order valence-electron chi connectivity index (χ4n) is 4.60. The molecule has 0 unspecified atom stereocenters. The van der Waals surface area contributed by atoms with Gasteiger partial charge in [-0.15, -0.1) is 23.1 Å². The minimum atomic E-state index is -1.47. The molecule has 208 valence electrons. The molecule has 0 aliphatic carbocycles. The Kier molecular flexibility index (Phi) is 8.91. The molecule has 0 spiro atoms. The number of likely N-dealkylation sites (tertiary alicyclic amines) is 2. The van der Waals surface area contributed by atoms with E-state index in [2.05, 4.69) is 10.6 Å². The summed E-state index contributed by atoms with van der Waals surface area (Å²) in [4.78, 5) is 76.0. The lowest BCUT2D eigenvalue weighted by Gasteiger charge is -2.26.